The molecule has 0 radical (unpaired) electrons. The van der Waals surface area contributed by atoms with Crippen LogP contribution in [0.2, 0.25) is 0 Å². The average Bonchev–Trinajstić information content (AvgIpc) is 3.08. The van der Waals surface area contributed by atoms with Crippen LogP contribution in [0.25, 0.3) is 11.2 Å². The molecular formula is C14H15F6N5O2. The lowest BCUT2D eigenvalue weighted by Crippen LogP contribution is -2.34. The smallest absolute Gasteiger partial charge is 0.391 e. The van der Waals surface area contributed by atoms with E-state index in [4.69, 9.17) is 10.5 Å². The van der Waals surface area contributed by atoms with Gasteiger partial charge in [0.05, 0.1) is 37.4 Å². The van der Waals surface area contributed by atoms with E-state index in [1.54, 1.807) is 0 Å². The summed E-state index contributed by atoms with van der Waals surface area (Å²) in [5, 5.41) is 9.69. The molecule has 1 fully saturated rings. The Morgan fingerprint density at radius 2 is 1.74 bits per heavy atom. The van der Waals surface area contributed by atoms with Crippen molar-refractivity contribution in [3.8, 4) is 5.88 Å². The summed E-state index contributed by atoms with van der Waals surface area (Å²) in [7, 11) is 0. The molecule has 0 spiro atoms. The minimum atomic E-state index is -4.79. The number of hydrogen-bond donors (Lipinski definition) is 2. The standard InChI is InChI=1S/C14H15F6N5O2/c15-13(16,17)3-7(4-14(18,19)20)27-12(1-2-12)5-25-6-22-8-9(25)23-11(21)24-10(8)26/h6-7H,1-5H2,(H3,21,23,24,26). The molecule has 0 amide bonds. The van der Waals surface area contributed by atoms with E-state index in [-0.39, 0.29) is 36.5 Å². The molecule has 27 heavy (non-hydrogen) atoms. The summed E-state index contributed by atoms with van der Waals surface area (Å²) in [5.74, 6) is -0.728. The van der Waals surface area contributed by atoms with Crippen LogP contribution in [0.15, 0.2) is 6.33 Å². The minimum absolute atomic E-state index is 0.0159. The summed E-state index contributed by atoms with van der Waals surface area (Å²) in [6.07, 6.45) is -13.2. The molecule has 1 aliphatic rings. The van der Waals surface area contributed by atoms with Gasteiger partial charge in [-0.2, -0.15) is 36.3 Å². The van der Waals surface area contributed by atoms with E-state index in [9.17, 15) is 31.4 Å². The fraction of sp³-hybridized carbons (Fsp3) is 0.643. The van der Waals surface area contributed by atoms with Crippen molar-refractivity contribution in [2.75, 3.05) is 5.73 Å². The number of halogens is 6. The van der Waals surface area contributed by atoms with Gasteiger partial charge in [-0.05, 0) is 12.8 Å². The van der Waals surface area contributed by atoms with Crippen molar-refractivity contribution < 1.29 is 36.2 Å². The van der Waals surface area contributed by atoms with Crippen LogP contribution in [-0.2, 0) is 11.3 Å². The predicted molar refractivity (Wildman–Crippen MR) is 79.6 cm³/mol. The third-order valence-corrected chi connectivity index (χ3v) is 4.06. The zero-order chi connectivity index (χ0) is 20.0. The molecule has 7 nitrogen and oxygen atoms in total. The van der Waals surface area contributed by atoms with Gasteiger partial charge < -0.3 is 20.1 Å². The molecule has 2 aromatic heterocycles. The fourth-order valence-electron chi connectivity index (χ4n) is 2.85. The molecule has 0 bridgehead atoms. The lowest BCUT2D eigenvalue weighted by Gasteiger charge is -2.26. The van der Waals surface area contributed by atoms with Gasteiger partial charge in [0.15, 0.2) is 11.2 Å². The Kier molecular flexibility index (Phi) is 4.60. The zero-order valence-corrected chi connectivity index (χ0v) is 13.7. The van der Waals surface area contributed by atoms with Gasteiger partial charge in [-0.25, -0.2) is 4.98 Å². The van der Waals surface area contributed by atoms with Crippen molar-refractivity contribution in [1.82, 2.24) is 19.5 Å². The third-order valence-electron chi connectivity index (χ3n) is 4.06. The number of aromatic nitrogens is 4. The second kappa shape index (κ2) is 6.39. The minimum Gasteiger partial charge on any atom is -0.492 e. The van der Waals surface area contributed by atoms with Gasteiger partial charge in [0, 0.05) is 0 Å². The van der Waals surface area contributed by atoms with Crippen LogP contribution >= 0.6 is 0 Å². The molecule has 150 valence electrons. The molecule has 3 rings (SSSR count). The molecule has 2 heterocycles. The topological polar surface area (TPSA) is 99.1 Å². The highest BCUT2D eigenvalue weighted by atomic mass is 19.4. The average molecular weight is 399 g/mol. The number of alkyl halides is 6. The molecule has 1 saturated carbocycles. The lowest BCUT2D eigenvalue weighted by atomic mass is 10.1. The Labute approximate surface area is 148 Å². The largest absolute Gasteiger partial charge is 0.492 e. The van der Waals surface area contributed by atoms with Crippen LogP contribution in [0.3, 0.4) is 0 Å². The van der Waals surface area contributed by atoms with Gasteiger partial charge in [-0.15, -0.1) is 0 Å². The Balaban J connectivity index is 1.80. The SMILES string of the molecule is Nc1nc(O)c2ncn(CC3(OC(CC(F)(F)F)CC(F)(F)F)CC3)c2n1. The number of ether oxygens (including phenoxy) is 1. The Bertz CT molecular complexity index is 814. The van der Waals surface area contributed by atoms with Gasteiger partial charge in [0.25, 0.3) is 0 Å². The summed E-state index contributed by atoms with van der Waals surface area (Å²) >= 11 is 0. The van der Waals surface area contributed by atoms with Crippen molar-refractivity contribution >= 4 is 17.1 Å². The monoisotopic (exact) mass is 399 g/mol. The molecular weight excluding hydrogens is 384 g/mol. The van der Waals surface area contributed by atoms with Crippen molar-refractivity contribution in [1.29, 1.82) is 0 Å². The highest BCUT2D eigenvalue weighted by Gasteiger charge is 2.50. The molecule has 0 saturated heterocycles. The number of aromatic hydroxyl groups is 1. The molecule has 13 heteroatoms. The normalized spacial score (nSPS) is 17.0. The van der Waals surface area contributed by atoms with Crippen molar-refractivity contribution in [2.24, 2.45) is 0 Å². The molecule has 0 aromatic carbocycles. The third kappa shape index (κ3) is 4.90. The van der Waals surface area contributed by atoms with Crippen LogP contribution in [0.4, 0.5) is 32.3 Å². The van der Waals surface area contributed by atoms with E-state index in [1.165, 1.54) is 10.9 Å². The molecule has 1 aliphatic carbocycles. The van der Waals surface area contributed by atoms with Crippen molar-refractivity contribution in [3.63, 3.8) is 0 Å². The first-order valence-electron chi connectivity index (χ1n) is 7.84. The van der Waals surface area contributed by atoms with Gasteiger partial charge in [0.1, 0.15) is 0 Å². The summed E-state index contributed by atoms with van der Waals surface area (Å²) < 4.78 is 82.4. The van der Waals surface area contributed by atoms with Crippen molar-refractivity contribution in [2.45, 2.75) is 56.3 Å². The molecule has 0 atom stereocenters. The van der Waals surface area contributed by atoms with E-state index in [1.807, 2.05) is 0 Å². The van der Waals surface area contributed by atoms with Crippen LogP contribution in [0.1, 0.15) is 25.7 Å². The summed E-state index contributed by atoms with van der Waals surface area (Å²) in [6, 6.07) is 0. The van der Waals surface area contributed by atoms with Gasteiger partial charge >= 0.3 is 12.4 Å². The van der Waals surface area contributed by atoms with Crippen LogP contribution in [0.5, 0.6) is 5.88 Å². The lowest BCUT2D eigenvalue weighted by molar-refractivity contribution is -0.206. The molecule has 0 aliphatic heterocycles. The first-order valence-corrected chi connectivity index (χ1v) is 7.84. The molecule has 0 unspecified atom stereocenters. The van der Waals surface area contributed by atoms with Crippen LogP contribution in [0, 0.1) is 0 Å². The zero-order valence-electron chi connectivity index (χ0n) is 13.7. The maximum Gasteiger partial charge on any atom is 0.391 e. The number of anilines is 1. The van der Waals surface area contributed by atoms with Gasteiger partial charge in [-0.3, -0.25) is 0 Å². The highest BCUT2D eigenvalue weighted by Crippen LogP contribution is 2.45. The van der Waals surface area contributed by atoms with E-state index in [2.05, 4.69) is 15.0 Å². The number of nitrogens with zero attached hydrogens (tertiary/aromatic N) is 4. The number of rotatable bonds is 6. The van der Waals surface area contributed by atoms with E-state index < -0.39 is 42.8 Å². The molecule has 2 aromatic rings. The maximum absolute atomic E-state index is 12.6. The van der Waals surface area contributed by atoms with Crippen molar-refractivity contribution in [3.05, 3.63) is 6.33 Å². The fourth-order valence-corrected chi connectivity index (χ4v) is 2.85. The summed E-state index contributed by atoms with van der Waals surface area (Å²) in [5.41, 5.74) is 4.38. The first kappa shape index (κ1) is 19.5. The number of fused-ring (bicyclic) bond motifs is 1. The van der Waals surface area contributed by atoms with Gasteiger partial charge in [-0.1, -0.05) is 0 Å². The summed E-state index contributed by atoms with van der Waals surface area (Å²) in [6.45, 7) is -0.0778. The molecule has 3 N–H and O–H groups in total. The first-order chi connectivity index (χ1) is 12.4. The second-order valence-corrected chi connectivity index (χ2v) is 6.51. The Morgan fingerprint density at radius 1 is 1.15 bits per heavy atom. The van der Waals surface area contributed by atoms with Crippen LogP contribution in [-0.4, -0.2) is 48.7 Å². The number of nitrogens with two attached hydrogens (primary N) is 1. The number of hydrogen-bond acceptors (Lipinski definition) is 6. The Hall–Kier alpha value is -2.31. The number of nitrogen functional groups attached to an aromatic ring is 1. The Morgan fingerprint density at radius 3 is 2.26 bits per heavy atom. The second-order valence-electron chi connectivity index (χ2n) is 6.51. The van der Waals surface area contributed by atoms with E-state index >= 15 is 0 Å². The quantitative estimate of drug-likeness (QED) is 0.725. The number of imidazole rings is 1. The predicted octanol–water partition coefficient (Wildman–Crippen LogP) is 2.94. The van der Waals surface area contributed by atoms with Gasteiger partial charge in [0.2, 0.25) is 11.8 Å². The highest BCUT2D eigenvalue weighted by molar-refractivity contribution is 5.77. The summed E-state index contributed by atoms with van der Waals surface area (Å²) in [4.78, 5) is 11.3. The maximum atomic E-state index is 12.6. The van der Waals surface area contributed by atoms with E-state index in [0.29, 0.717) is 0 Å². The van der Waals surface area contributed by atoms with Crippen LogP contribution < -0.4 is 5.73 Å². The van der Waals surface area contributed by atoms with E-state index in [0.717, 1.165) is 0 Å².